The summed E-state index contributed by atoms with van der Waals surface area (Å²) >= 11 is 0. The number of benzene rings is 1. The number of nitrogens with one attached hydrogen (secondary N) is 6. The van der Waals surface area contributed by atoms with E-state index in [-0.39, 0.29) is 66.1 Å². The number of amides is 3. The second-order valence-corrected chi connectivity index (χ2v) is 17.4. The zero-order valence-corrected chi connectivity index (χ0v) is 43.0. The Balaban J connectivity index is 0.719. The van der Waals surface area contributed by atoms with Crippen molar-refractivity contribution in [2.45, 2.75) is 26.3 Å². The summed E-state index contributed by atoms with van der Waals surface area (Å²) in [6, 6.07) is 15.0. The van der Waals surface area contributed by atoms with Gasteiger partial charge >= 0.3 is 0 Å². The van der Waals surface area contributed by atoms with Crippen molar-refractivity contribution >= 4 is 63.6 Å². The lowest BCUT2D eigenvalue weighted by Gasteiger charge is -2.33. The van der Waals surface area contributed by atoms with Crippen molar-refractivity contribution in [3.63, 3.8) is 0 Å². The van der Waals surface area contributed by atoms with Gasteiger partial charge in [0.2, 0.25) is 5.91 Å². The van der Waals surface area contributed by atoms with Gasteiger partial charge < -0.3 is 65.1 Å². The van der Waals surface area contributed by atoms with Crippen molar-refractivity contribution in [1.82, 2.24) is 40.1 Å². The maximum Gasteiger partial charge on any atom is 0.254 e. The Bertz CT molecular complexity index is 2990. The van der Waals surface area contributed by atoms with Gasteiger partial charge in [-0.25, -0.2) is 24.3 Å². The SMILES string of the molecule is CNC(=O)c1cnc(Nc2ccc(C(=O)NCCOCCOCCOCCOCCNc3cncc(N4CCC[C@@H](C(=O)Nc5ccc(=O)n(CC(C)=O)c5)C4)c3)cn2)cc1Nc1cccc(-c2ncc(F)cn2)c1OC. The summed E-state index contributed by atoms with van der Waals surface area (Å²) in [7, 11) is 2.99. The molecule has 1 aliphatic heterocycles. The van der Waals surface area contributed by atoms with Crippen molar-refractivity contribution < 1.29 is 47.3 Å². The smallest absolute Gasteiger partial charge is 0.254 e. The highest BCUT2D eigenvalue weighted by Gasteiger charge is 2.27. The summed E-state index contributed by atoms with van der Waals surface area (Å²) in [6.45, 7) is 6.56. The molecule has 0 aliphatic carbocycles. The Morgan fingerprint density at radius 2 is 1.47 bits per heavy atom. The fourth-order valence-corrected chi connectivity index (χ4v) is 8.01. The average molecular weight is 1060 g/mol. The number of pyridine rings is 4. The standard InChI is InChI=1S/C53H62FN13O10/c1-35(68)32-67-34-39(10-12-48(67)69)63-52(71)37-6-5-15-66(33-37)41-24-40(29-56-30-41)57-13-16-74-18-20-76-22-23-77-21-19-75-17-14-58-51(70)36-9-11-46(59-26-36)65-47-25-45(43(31-60-47)53(72)55-2)64-44-8-4-7-42(49(44)73-3)50-61-27-38(54)28-62-50/h4,7-12,24-31,34,37,57H,5-6,13-23,32-33H2,1-3H3,(H,55,72)(H,58,70)(H,63,71)(H2,59,60,64,65)/t37-/m1/s1. The first kappa shape index (κ1) is 56.3. The number of anilines is 7. The molecule has 24 heteroatoms. The molecule has 1 atom stereocenters. The van der Waals surface area contributed by atoms with Crippen LogP contribution in [0.4, 0.5) is 44.5 Å². The van der Waals surface area contributed by atoms with Crippen LogP contribution < -0.4 is 47.1 Å². The van der Waals surface area contributed by atoms with Crippen molar-refractivity contribution in [1.29, 1.82) is 0 Å². The molecule has 6 heterocycles. The number of nitrogens with zero attached hydrogens (tertiary/aromatic N) is 7. The lowest BCUT2D eigenvalue weighted by atomic mass is 9.96. The topological polar surface area (TPSA) is 276 Å². The third kappa shape index (κ3) is 17.0. The second-order valence-electron chi connectivity index (χ2n) is 17.4. The van der Waals surface area contributed by atoms with E-state index in [0.29, 0.717) is 105 Å². The quantitative estimate of drug-likeness (QED) is 0.0343. The fourth-order valence-electron chi connectivity index (χ4n) is 8.01. The van der Waals surface area contributed by atoms with Crippen LogP contribution in [-0.4, -0.2) is 146 Å². The largest absolute Gasteiger partial charge is 0.494 e. The Morgan fingerprint density at radius 3 is 2.17 bits per heavy atom. The second kappa shape index (κ2) is 29.0. The van der Waals surface area contributed by atoms with Gasteiger partial charge in [-0.3, -0.25) is 29.0 Å². The molecule has 0 unspecified atom stereocenters. The van der Waals surface area contributed by atoms with Crippen molar-refractivity contribution in [2.24, 2.45) is 5.92 Å². The Labute approximate surface area is 443 Å². The molecule has 1 saturated heterocycles. The molecule has 23 nitrogen and oxygen atoms in total. The number of rotatable bonds is 29. The third-order valence-electron chi connectivity index (χ3n) is 11.8. The average Bonchev–Trinajstić information content (AvgIpc) is 3.44. The molecule has 0 radical (unpaired) electrons. The number of hydrogen-bond acceptors (Lipinski definition) is 19. The number of carbonyl (C=O) groups is 4. The Morgan fingerprint density at radius 1 is 0.740 bits per heavy atom. The van der Waals surface area contributed by atoms with Crippen LogP contribution in [0.2, 0.25) is 0 Å². The van der Waals surface area contributed by atoms with E-state index in [2.05, 4.69) is 61.7 Å². The molecule has 7 rings (SSSR count). The molecule has 0 saturated carbocycles. The molecule has 5 aromatic heterocycles. The van der Waals surface area contributed by atoms with Crippen LogP contribution in [0, 0.1) is 11.7 Å². The van der Waals surface area contributed by atoms with Crippen LogP contribution >= 0.6 is 0 Å². The van der Waals surface area contributed by atoms with Gasteiger partial charge in [-0.2, -0.15) is 0 Å². The first-order chi connectivity index (χ1) is 37.5. The Kier molecular flexibility index (Phi) is 21.2. The summed E-state index contributed by atoms with van der Waals surface area (Å²) in [5.41, 5.74) is 3.87. The zero-order valence-electron chi connectivity index (χ0n) is 43.0. The molecule has 0 bridgehead atoms. The van der Waals surface area contributed by atoms with Crippen molar-refractivity contribution in [3.05, 3.63) is 125 Å². The summed E-state index contributed by atoms with van der Waals surface area (Å²) in [4.78, 5) is 85.9. The number of carbonyl (C=O) groups excluding carboxylic acids is 4. The number of aromatic nitrogens is 6. The highest BCUT2D eigenvalue weighted by Crippen LogP contribution is 2.37. The van der Waals surface area contributed by atoms with Crippen LogP contribution in [0.1, 0.15) is 40.5 Å². The highest BCUT2D eigenvalue weighted by atomic mass is 19.1. The maximum absolute atomic E-state index is 13.5. The maximum atomic E-state index is 13.5. The number of ketones is 1. The molecule has 0 spiro atoms. The molecule has 6 N–H and O–H groups in total. The lowest BCUT2D eigenvalue weighted by Crippen LogP contribution is -2.41. The van der Waals surface area contributed by atoms with Crippen LogP contribution in [0.3, 0.4) is 0 Å². The number of piperidine rings is 1. The zero-order chi connectivity index (χ0) is 54.4. The van der Waals surface area contributed by atoms with E-state index in [1.54, 1.807) is 54.9 Å². The lowest BCUT2D eigenvalue weighted by molar-refractivity contribution is -0.120. The van der Waals surface area contributed by atoms with Gasteiger partial charge in [0.15, 0.2) is 17.4 Å². The molecule has 77 heavy (non-hydrogen) atoms. The van der Waals surface area contributed by atoms with E-state index in [4.69, 9.17) is 23.7 Å². The molecule has 1 aliphatic rings. The van der Waals surface area contributed by atoms with Gasteiger partial charge in [-0.1, -0.05) is 6.07 Å². The fraction of sp³-hybridized carbons (Fsp3) is 0.358. The molecule has 6 aromatic rings. The molecule has 1 aromatic carbocycles. The van der Waals surface area contributed by atoms with E-state index >= 15 is 0 Å². The number of para-hydroxylation sites is 1. The third-order valence-corrected chi connectivity index (χ3v) is 11.8. The highest BCUT2D eigenvalue weighted by molar-refractivity contribution is 6.01. The molecule has 3 amide bonds. The van der Waals surface area contributed by atoms with E-state index < -0.39 is 5.82 Å². The number of hydrogen-bond donors (Lipinski definition) is 6. The summed E-state index contributed by atoms with van der Waals surface area (Å²) < 4.78 is 43.0. The van der Waals surface area contributed by atoms with Crippen LogP contribution in [-0.2, 0) is 35.1 Å². The minimum absolute atomic E-state index is 0.0508. The normalized spacial score (nSPS) is 13.1. The van der Waals surface area contributed by atoms with Gasteiger partial charge in [0, 0.05) is 63.9 Å². The van der Waals surface area contributed by atoms with E-state index in [1.165, 1.54) is 50.3 Å². The van der Waals surface area contributed by atoms with Crippen molar-refractivity contribution in [2.75, 3.05) is 119 Å². The summed E-state index contributed by atoms with van der Waals surface area (Å²) in [6.07, 6.45) is 11.5. The molecular weight excluding hydrogens is 998 g/mol. The molecule has 1 fully saturated rings. The Hall–Kier alpha value is -8.45. The monoisotopic (exact) mass is 1060 g/mol. The minimum Gasteiger partial charge on any atom is -0.494 e. The van der Waals surface area contributed by atoms with E-state index in [0.717, 1.165) is 43.2 Å². The number of methoxy groups -OCH3 is 1. The predicted molar refractivity (Wildman–Crippen MR) is 286 cm³/mol. The van der Waals surface area contributed by atoms with Gasteiger partial charge in [-0.15, -0.1) is 0 Å². The molecular formula is C53H62FN13O10. The summed E-state index contributed by atoms with van der Waals surface area (Å²) in [5, 5.41) is 18.0. The van der Waals surface area contributed by atoms with Gasteiger partial charge in [0.05, 0.1) is 142 Å². The number of ether oxygens (including phenoxy) is 5. The van der Waals surface area contributed by atoms with Crippen LogP contribution in [0.25, 0.3) is 11.4 Å². The first-order valence-electron chi connectivity index (χ1n) is 24.9. The first-order valence-corrected chi connectivity index (χ1v) is 24.9. The van der Waals surface area contributed by atoms with Gasteiger partial charge in [0.25, 0.3) is 17.4 Å². The molecule has 406 valence electrons. The number of halogens is 1. The van der Waals surface area contributed by atoms with Crippen LogP contribution in [0.15, 0.2) is 103 Å². The van der Waals surface area contributed by atoms with Crippen molar-refractivity contribution in [3.8, 4) is 17.1 Å². The number of Topliss-reactive ketones (excluding diaryl/α,β-unsaturated/α-hetero) is 1. The van der Waals surface area contributed by atoms with E-state index in [9.17, 15) is 28.4 Å². The predicted octanol–water partition coefficient (Wildman–Crippen LogP) is 4.84. The summed E-state index contributed by atoms with van der Waals surface area (Å²) in [5.74, 6) is -0.466. The van der Waals surface area contributed by atoms with Gasteiger partial charge in [0.1, 0.15) is 17.4 Å². The van der Waals surface area contributed by atoms with E-state index in [1.807, 2.05) is 6.07 Å². The van der Waals surface area contributed by atoms with Gasteiger partial charge in [-0.05, 0) is 56.2 Å². The minimum atomic E-state index is -0.574. The van der Waals surface area contributed by atoms with Crippen LogP contribution in [0.5, 0.6) is 5.75 Å².